The van der Waals surface area contributed by atoms with Crippen LogP contribution >= 0.6 is 11.3 Å². The molecular weight excluding hydrogens is 572 g/mol. The van der Waals surface area contributed by atoms with Crippen molar-refractivity contribution >= 4 is 42.6 Å². The zero-order valence-corrected chi connectivity index (χ0v) is 25.6. The zero-order chi connectivity index (χ0) is 29.5. The molecule has 2 heterocycles. The van der Waals surface area contributed by atoms with Crippen LogP contribution < -0.4 is 9.64 Å². The average molecular weight is 609 g/mol. The van der Waals surface area contributed by atoms with Crippen LogP contribution in [0.25, 0.3) is 10.2 Å². The third-order valence-corrected chi connectivity index (χ3v) is 10.0. The van der Waals surface area contributed by atoms with Gasteiger partial charge < -0.3 is 9.47 Å². The van der Waals surface area contributed by atoms with Gasteiger partial charge >= 0.3 is 0 Å². The van der Waals surface area contributed by atoms with E-state index in [4.69, 9.17) is 14.5 Å². The Morgan fingerprint density at radius 3 is 2.50 bits per heavy atom. The second-order valence-electron chi connectivity index (χ2n) is 10.1. The van der Waals surface area contributed by atoms with E-state index in [1.54, 1.807) is 24.1 Å². The Bertz CT molecular complexity index is 1590. The number of sulfonamides is 1. The number of carbonyl (C=O) groups excluding carboxylic acids is 1. The van der Waals surface area contributed by atoms with E-state index >= 15 is 0 Å². The van der Waals surface area contributed by atoms with Crippen molar-refractivity contribution in [3.63, 3.8) is 0 Å². The van der Waals surface area contributed by atoms with Crippen LogP contribution in [0.5, 0.6) is 5.75 Å². The van der Waals surface area contributed by atoms with Crippen molar-refractivity contribution < 1.29 is 22.7 Å². The number of thiazole rings is 1. The summed E-state index contributed by atoms with van der Waals surface area (Å²) < 4.78 is 39.8. The minimum Gasteiger partial charge on any atom is -0.494 e. The fourth-order valence-corrected chi connectivity index (χ4v) is 7.03. The number of aromatic nitrogens is 1. The maximum atomic E-state index is 13.9. The van der Waals surface area contributed by atoms with E-state index in [0.29, 0.717) is 23.8 Å². The van der Waals surface area contributed by atoms with Crippen LogP contribution in [0.1, 0.15) is 29.3 Å². The van der Waals surface area contributed by atoms with Crippen LogP contribution in [-0.2, 0) is 21.3 Å². The maximum absolute atomic E-state index is 13.9. The molecule has 0 saturated carbocycles. The quantitative estimate of drug-likeness (QED) is 0.226. The molecule has 9 nitrogen and oxygen atoms in total. The molecule has 0 N–H and O–H groups in total. The van der Waals surface area contributed by atoms with Gasteiger partial charge in [-0.3, -0.25) is 14.6 Å². The lowest BCUT2D eigenvalue weighted by molar-refractivity contribution is 0.0376. The van der Waals surface area contributed by atoms with Gasteiger partial charge in [-0.1, -0.05) is 41.7 Å². The number of fused-ring (bicyclic) bond motifs is 1. The summed E-state index contributed by atoms with van der Waals surface area (Å²) in [6, 6.07) is 21.3. The molecule has 1 saturated heterocycles. The Labute approximate surface area is 251 Å². The van der Waals surface area contributed by atoms with E-state index < -0.39 is 10.0 Å². The number of amides is 1. The van der Waals surface area contributed by atoms with Crippen molar-refractivity contribution in [1.82, 2.24) is 14.2 Å². The fourth-order valence-electron chi connectivity index (χ4n) is 4.86. The molecule has 0 bridgehead atoms. The molecule has 0 unspecified atom stereocenters. The summed E-state index contributed by atoms with van der Waals surface area (Å²) >= 11 is 1.44. The van der Waals surface area contributed by atoms with Crippen molar-refractivity contribution in [3.8, 4) is 5.75 Å². The van der Waals surface area contributed by atoms with Crippen LogP contribution in [-0.4, -0.2) is 81.6 Å². The summed E-state index contributed by atoms with van der Waals surface area (Å²) in [5, 5.41) is 0.602. The number of benzene rings is 3. The number of hydrogen-bond acceptors (Lipinski definition) is 8. The molecule has 0 aliphatic carbocycles. The lowest BCUT2D eigenvalue weighted by Crippen LogP contribution is -2.39. The van der Waals surface area contributed by atoms with Gasteiger partial charge in [0.05, 0.1) is 34.9 Å². The van der Waals surface area contributed by atoms with Gasteiger partial charge in [-0.2, -0.15) is 4.31 Å². The monoisotopic (exact) mass is 608 g/mol. The predicted molar refractivity (Wildman–Crippen MR) is 166 cm³/mol. The zero-order valence-electron chi connectivity index (χ0n) is 23.9. The van der Waals surface area contributed by atoms with E-state index in [1.807, 2.05) is 55.5 Å². The summed E-state index contributed by atoms with van der Waals surface area (Å²) in [6.45, 7) is 7.28. The number of carbonyl (C=O) groups is 1. The second kappa shape index (κ2) is 13.7. The normalized spacial score (nSPS) is 14.4. The highest BCUT2D eigenvalue weighted by molar-refractivity contribution is 7.89. The largest absolute Gasteiger partial charge is 0.494 e. The lowest BCUT2D eigenvalue weighted by Gasteiger charge is -2.27. The minimum absolute atomic E-state index is 0.139. The van der Waals surface area contributed by atoms with Crippen molar-refractivity contribution in [2.75, 3.05) is 57.9 Å². The van der Waals surface area contributed by atoms with Crippen LogP contribution in [0.4, 0.5) is 5.13 Å². The summed E-state index contributed by atoms with van der Waals surface area (Å²) in [5.41, 5.74) is 2.10. The van der Waals surface area contributed by atoms with E-state index in [-0.39, 0.29) is 17.3 Å². The molecule has 42 heavy (non-hydrogen) atoms. The molecule has 3 aromatic carbocycles. The van der Waals surface area contributed by atoms with Crippen molar-refractivity contribution in [2.24, 2.45) is 0 Å². The third kappa shape index (κ3) is 7.16. The first-order chi connectivity index (χ1) is 20.3. The van der Waals surface area contributed by atoms with Gasteiger partial charge in [-0.15, -0.1) is 0 Å². The number of anilines is 1. The van der Waals surface area contributed by atoms with E-state index in [1.165, 1.54) is 27.8 Å². The molecule has 1 aliphatic heterocycles. The molecule has 11 heteroatoms. The minimum atomic E-state index is -3.73. The Morgan fingerprint density at radius 1 is 1.05 bits per heavy atom. The molecule has 0 radical (unpaired) electrons. The molecular formula is C31H36N4O5S2. The van der Waals surface area contributed by atoms with Crippen LogP contribution in [0.15, 0.2) is 77.7 Å². The molecule has 0 atom stereocenters. The number of nitrogens with zero attached hydrogens (tertiary/aromatic N) is 4. The van der Waals surface area contributed by atoms with Gasteiger partial charge in [0.25, 0.3) is 5.91 Å². The molecule has 222 valence electrons. The second-order valence-corrected chi connectivity index (χ2v) is 13.1. The number of hydrogen-bond donors (Lipinski definition) is 0. The summed E-state index contributed by atoms with van der Waals surface area (Å²) in [5.74, 6) is 0.544. The topological polar surface area (TPSA) is 92.3 Å². The molecule has 1 aromatic heterocycles. The standard InChI is InChI=1S/C31H36N4O5S2/c1-3-40-26-12-15-28-29(22-26)41-31(32-28)35(17-7-16-34-18-20-39-21-19-34)30(36)25-10-13-27(14-11-25)42(37,38)33(2)23-24-8-5-4-6-9-24/h4-6,8-15,22H,3,7,16-21,23H2,1-2H3. The molecule has 1 aliphatic rings. The third-order valence-electron chi connectivity index (χ3n) is 7.15. The molecule has 0 spiro atoms. The van der Waals surface area contributed by atoms with Gasteiger partial charge in [0.15, 0.2) is 5.13 Å². The van der Waals surface area contributed by atoms with Crippen molar-refractivity contribution in [3.05, 3.63) is 83.9 Å². The summed E-state index contributed by atoms with van der Waals surface area (Å²) in [6.07, 6.45) is 0.766. The first-order valence-corrected chi connectivity index (χ1v) is 16.4. The summed E-state index contributed by atoms with van der Waals surface area (Å²) in [4.78, 5) is 22.8. The van der Waals surface area contributed by atoms with Gasteiger partial charge in [-0.25, -0.2) is 13.4 Å². The predicted octanol–water partition coefficient (Wildman–Crippen LogP) is 4.88. The Hall–Kier alpha value is -3.35. The van der Waals surface area contributed by atoms with Gasteiger partial charge in [0, 0.05) is 45.3 Å². The average Bonchev–Trinajstić information content (AvgIpc) is 3.43. The highest BCUT2D eigenvalue weighted by Crippen LogP contribution is 2.32. The SMILES string of the molecule is CCOc1ccc2nc(N(CCCN3CCOCC3)C(=O)c3ccc(S(=O)(=O)N(C)Cc4ccccc4)cc3)sc2c1. The highest BCUT2D eigenvalue weighted by Gasteiger charge is 2.25. The molecule has 4 aromatic rings. The Balaban J connectivity index is 1.36. The molecule has 5 rings (SSSR count). The van der Waals surface area contributed by atoms with Crippen LogP contribution in [0.3, 0.4) is 0 Å². The number of rotatable bonds is 12. The van der Waals surface area contributed by atoms with E-state index in [2.05, 4.69) is 4.90 Å². The summed E-state index contributed by atoms with van der Waals surface area (Å²) in [7, 11) is -2.18. The highest BCUT2D eigenvalue weighted by atomic mass is 32.2. The van der Waals surface area contributed by atoms with Crippen molar-refractivity contribution in [1.29, 1.82) is 0 Å². The maximum Gasteiger partial charge on any atom is 0.260 e. The van der Waals surface area contributed by atoms with Crippen LogP contribution in [0, 0.1) is 0 Å². The van der Waals surface area contributed by atoms with E-state index in [9.17, 15) is 13.2 Å². The number of ether oxygens (including phenoxy) is 2. The van der Waals surface area contributed by atoms with Gasteiger partial charge in [0.2, 0.25) is 10.0 Å². The van der Waals surface area contributed by atoms with Crippen molar-refractivity contribution in [2.45, 2.75) is 24.8 Å². The Morgan fingerprint density at radius 2 is 1.79 bits per heavy atom. The van der Waals surface area contributed by atoms with Gasteiger partial charge in [0.1, 0.15) is 5.75 Å². The lowest BCUT2D eigenvalue weighted by atomic mass is 10.2. The number of morpholine rings is 1. The first kappa shape index (κ1) is 30.1. The van der Waals surface area contributed by atoms with Gasteiger partial charge in [-0.05, 0) is 61.4 Å². The Kier molecular flexibility index (Phi) is 9.86. The molecule has 1 fully saturated rings. The molecule has 1 amide bonds. The van der Waals surface area contributed by atoms with Crippen LogP contribution in [0.2, 0.25) is 0 Å². The smallest absolute Gasteiger partial charge is 0.260 e. The fraction of sp³-hybridized carbons (Fsp3) is 0.355. The van der Waals surface area contributed by atoms with E-state index in [0.717, 1.165) is 60.8 Å². The first-order valence-electron chi connectivity index (χ1n) is 14.1.